The smallest absolute Gasteiger partial charge is 0.0728 e. The average Bonchev–Trinajstić information content (AvgIpc) is 2.14. The number of hydrogen-bond donors (Lipinski definition) is 1. The molecule has 0 aromatic carbocycles. The van der Waals surface area contributed by atoms with Gasteiger partial charge in [0.15, 0.2) is 0 Å². The van der Waals surface area contributed by atoms with Crippen molar-refractivity contribution in [3.8, 4) is 0 Å². The zero-order chi connectivity index (χ0) is 10.6. The van der Waals surface area contributed by atoms with Gasteiger partial charge in [0.1, 0.15) is 0 Å². The van der Waals surface area contributed by atoms with E-state index in [0.29, 0.717) is 18.6 Å². The second kappa shape index (κ2) is 5.72. The van der Waals surface area contributed by atoms with Crippen LogP contribution in [0.1, 0.15) is 46.5 Å². The Balaban J connectivity index is 2.42. The van der Waals surface area contributed by atoms with Crippen molar-refractivity contribution in [2.24, 2.45) is 17.6 Å². The molecular formula is C12H25NO. The quantitative estimate of drug-likeness (QED) is 0.755. The topological polar surface area (TPSA) is 35.2 Å². The van der Waals surface area contributed by atoms with Gasteiger partial charge < -0.3 is 10.5 Å². The van der Waals surface area contributed by atoms with E-state index in [-0.39, 0.29) is 6.10 Å². The first-order chi connectivity index (χ1) is 6.63. The molecule has 0 spiro atoms. The Bertz CT molecular complexity index is 156. The van der Waals surface area contributed by atoms with Crippen LogP contribution < -0.4 is 5.73 Å². The van der Waals surface area contributed by atoms with Gasteiger partial charge in [0, 0.05) is 6.54 Å². The molecule has 3 unspecified atom stereocenters. The summed E-state index contributed by atoms with van der Waals surface area (Å²) in [5.41, 5.74) is 5.77. The molecule has 0 aromatic rings. The van der Waals surface area contributed by atoms with Crippen molar-refractivity contribution in [3.63, 3.8) is 0 Å². The average molecular weight is 199 g/mol. The van der Waals surface area contributed by atoms with Gasteiger partial charge in [0.2, 0.25) is 0 Å². The van der Waals surface area contributed by atoms with Crippen molar-refractivity contribution in [1.29, 1.82) is 0 Å². The highest BCUT2D eigenvalue weighted by molar-refractivity contribution is 4.78. The molecule has 0 heterocycles. The van der Waals surface area contributed by atoms with Crippen molar-refractivity contribution in [3.05, 3.63) is 0 Å². The SMILES string of the molecule is CC1CCCC(C(CN)OC(C)C)C1. The molecule has 0 amide bonds. The van der Waals surface area contributed by atoms with E-state index in [1.165, 1.54) is 25.7 Å². The molecule has 1 saturated carbocycles. The summed E-state index contributed by atoms with van der Waals surface area (Å²) in [5.74, 6) is 1.56. The van der Waals surface area contributed by atoms with Gasteiger partial charge in [-0.2, -0.15) is 0 Å². The third-order valence-corrected chi connectivity index (χ3v) is 3.18. The molecule has 84 valence electrons. The van der Waals surface area contributed by atoms with Gasteiger partial charge >= 0.3 is 0 Å². The summed E-state index contributed by atoms with van der Waals surface area (Å²) in [7, 11) is 0. The maximum Gasteiger partial charge on any atom is 0.0728 e. The van der Waals surface area contributed by atoms with Gasteiger partial charge in [0.25, 0.3) is 0 Å². The van der Waals surface area contributed by atoms with E-state index in [1.54, 1.807) is 0 Å². The Kier molecular flexibility index (Phi) is 4.90. The standard InChI is InChI=1S/C12H25NO/c1-9(2)14-12(8-13)11-6-4-5-10(3)7-11/h9-12H,4-8,13H2,1-3H3. The lowest BCUT2D eigenvalue weighted by Crippen LogP contribution is -2.36. The van der Waals surface area contributed by atoms with Crippen LogP contribution in [-0.2, 0) is 4.74 Å². The second-order valence-electron chi connectivity index (χ2n) is 4.99. The highest BCUT2D eigenvalue weighted by Gasteiger charge is 2.26. The monoisotopic (exact) mass is 199 g/mol. The van der Waals surface area contributed by atoms with Crippen LogP contribution in [0.25, 0.3) is 0 Å². The molecule has 1 aliphatic carbocycles. The number of nitrogens with two attached hydrogens (primary N) is 1. The molecule has 0 aromatic heterocycles. The molecule has 2 heteroatoms. The van der Waals surface area contributed by atoms with Crippen molar-refractivity contribution >= 4 is 0 Å². The zero-order valence-electron chi connectivity index (χ0n) is 9.83. The number of rotatable bonds is 4. The van der Waals surface area contributed by atoms with E-state index >= 15 is 0 Å². The van der Waals surface area contributed by atoms with Gasteiger partial charge in [0.05, 0.1) is 12.2 Å². The van der Waals surface area contributed by atoms with Crippen LogP contribution in [0.5, 0.6) is 0 Å². The summed E-state index contributed by atoms with van der Waals surface area (Å²) in [6, 6.07) is 0. The van der Waals surface area contributed by atoms with Crippen LogP contribution in [0.3, 0.4) is 0 Å². The molecule has 0 aliphatic heterocycles. The Morgan fingerprint density at radius 1 is 1.36 bits per heavy atom. The molecule has 3 atom stereocenters. The lowest BCUT2D eigenvalue weighted by Gasteiger charge is -2.33. The fraction of sp³-hybridized carbons (Fsp3) is 1.00. The molecule has 2 nitrogen and oxygen atoms in total. The molecule has 1 fully saturated rings. The lowest BCUT2D eigenvalue weighted by atomic mass is 9.79. The first kappa shape index (κ1) is 12.0. The molecular weight excluding hydrogens is 174 g/mol. The predicted molar refractivity (Wildman–Crippen MR) is 60.2 cm³/mol. The third-order valence-electron chi connectivity index (χ3n) is 3.18. The van der Waals surface area contributed by atoms with Crippen LogP contribution in [0.2, 0.25) is 0 Å². The molecule has 1 aliphatic rings. The minimum atomic E-state index is 0.290. The van der Waals surface area contributed by atoms with Gasteiger partial charge in [-0.25, -0.2) is 0 Å². The first-order valence-electron chi connectivity index (χ1n) is 5.99. The maximum absolute atomic E-state index is 5.86. The lowest BCUT2D eigenvalue weighted by molar-refractivity contribution is -0.0344. The Labute approximate surface area is 88.2 Å². The van der Waals surface area contributed by atoms with Crippen LogP contribution in [0, 0.1) is 11.8 Å². The van der Waals surface area contributed by atoms with E-state index in [2.05, 4.69) is 20.8 Å². The minimum absolute atomic E-state index is 0.290. The zero-order valence-corrected chi connectivity index (χ0v) is 9.83. The van der Waals surface area contributed by atoms with E-state index in [4.69, 9.17) is 10.5 Å². The van der Waals surface area contributed by atoms with Crippen LogP contribution in [0.15, 0.2) is 0 Å². The summed E-state index contributed by atoms with van der Waals surface area (Å²) in [4.78, 5) is 0. The van der Waals surface area contributed by atoms with E-state index in [0.717, 1.165) is 5.92 Å². The van der Waals surface area contributed by atoms with Gasteiger partial charge in [-0.3, -0.25) is 0 Å². The second-order valence-corrected chi connectivity index (χ2v) is 4.99. The normalized spacial score (nSPS) is 30.6. The fourth-order valence-corrected chi connectivity index (χ4v) is 2.53. The van der Waals surface area contributed by atoms with Gasteiger partial charge in [-0.1, -0.05) is 19.8 Å². The molecule has 0 radical (unpaired) electrons. The maximum atomic E-state index is 5.86. The Morgan fingerprint density at radius 3 is 2.57 bits per heavy atom. The van der Waals surface area contributed by atoms with Crippen molar-refractivity contribution in [2.75, 3.05) is 6.54 Å². The molecule has 1 rings (SSSR count). The number of hydrogen-bond acceptors (Lipinski definition) is 2. The number of ether oxygens (including phenoxy) is 1. The Hall–Kier alpha value is -0.0800. The molecule has 0 bridgehead atoms. The highest BCUT2D eigenvalue weighted by atomic mass is 16.5. The predicted octanol–water partition coefficient (Wildman–Crippen LogP) is 2.57. The van der Waals surface area contributed by atoms with Gasteiger partial charge in [-0.15, -0.1) is 0 Å². The molecule has 2 N–H and O–H groups in total. The van der Waals surface area contributed by atoms with Crippen LogP contribution in [0.4, 0.5) is 0 Å². The summed E-state index contributed by atoms with van der Waals surface area (Å²) in [6.07, 6.45) is 5.94. The third kappa shape index (κ3) is 3.58. The first-order valence-corrected chi connectivity index (χ1v) is 5.99. The van der Waals surface area contributed by atoms with Crippen molar-refractivity contribution in [2.45, 2.75) is 58.7 Å². The summed E-state index contributed by atoms with van der Waals surface area (Å²) >= 11 is 0. The van der Waals surface area contributed by atoms with Crippen LogP contribution >= 0.6 is 0 Å². The summed E-state index contributed by atoms with van der Waals surface area (Å²) in [5, 5.41) is 0. The van der Waals surface area contributed by atoms with E-state index in [9.17, 15) is 0 Å². The summed E-state index contributed by atoms with van der Waals surface area (Å²) < 4.78 is 5.86. The summed E-state index contributed by atoms with van der Waals surface area (Å²) in [6.45, 7) is 7.20. The van der Waals surface area contributed by atoms with Crippen molar-refractivity contribution in [1.82, 2.24) is 0 Å². The van der Waals surface area contributed by atoms with Crippen LogP contribution in [-0.4, -0.2) is 18.8 Å². The Morgan fingerprint density at radius 2 is 2.07 bits per heavy atom. The van der Waals surface area contributed by atoms with E-state index < -0.39 is 0 Å². The largest absolute Gasteiger partial charge is 0.374 e. The molecule has 14 heavy (non-hydrogen) atoms. The highest BCUT2D eigenvalue weighted by Crippen LogP contribution is 2.31. The molecule has 0 saturated heterocycles. The van der Waals surface area contributed by atoms with Crippen molar-refractivity contribution < 1.29 is 4.74 Å². The van der Waals surface area contributed by atoms with E-state index in [1.807, 2.05) is 0 Å². The fourth-order valence-electron chi connectivity index (χ4n) is 2.53. The van der Waals surface area contributed by atoms with Gasteiger partial charge in [-0.05, 0) is 38.5 Å². The minimum Gasteiger partial charge on any atom is -0.374 e.